The van der Waals surface area contributed by atoms with Crippen molar-refractivity contribution in [1.82, 2.24) is 10.2 Å². The van der Waals surface area contributed by atoms with Gasteiger partial charge in [-0.15, -0.1) is 10.2 Å². The van der Waals surface area contributed by atoms with Gasteiger partial charge in [0.2, 0.25) is 11.0 Å². The Kier molecular flexibility index (Phi) is 7.45. The zero-order chi connectivity index (χ0) is 19.8. The van der Waals surface area contributed by atoms with E-state index >= 15 is 0 Å². The van der Waals surface area contributed by atoms with Gasteiger partial charge in [0.25, 0.3) is 0 Å². The maximum atomic E-state index is 12.2. The van der Waals surface area contributed by atoms with E-state index in [1.54, 1.807) is 0 Å². The fourth-order valence-corrected chi connectivity index (χ4v) is 4.12. The van der Waals surface area contributed by atoms with Crippen LogP contribution >= 0.6 is 23.1 Å². The van der Waals surface area contributed by atoms with Crippen LogP contribution in [0.5, 0.6) is 0 Å². The van der Waals surface area contributed by atoms with Crippen LogP contribution in [0.15, 0.2) is 58.9 Å². The highest BCUT2D eigenvalue weighted by Gasteiger charge is 2.09. The van der Waals surface area contributed by atoms with Crippen LogP contribution in [-0.4, -0.2) is 21.9 Å². The molecule has 28 heavy (non-hydrogen) atoms. The van der Waals surface area contributed by atoms with Crippen LogP contribution in [-0.2, 0) is 11.3 Å². The molecule has 3 aromatic rings. The molecule has 0 aliphatic rings. The topological polar surface area (TPSA) is 66.9 Å². The van der Waals surface area contributed by atoms with E-state index in [1.165, 1.54) is 34.2 Å². The second-order valence-corrected chi connectivity index (χ2v) is 8.68. The molecule has 0 bridgehead atoms. The van der Waals surface area contributed by atoms with E-state index in [2.05, 4.69) is 58.9 Å². The van der Waals surface area contributed by atoms with E-state index in [0.717, 1.165) is 21.6 Å². The molecule has 2 aromatic carbocycles. The van der Waals surface area contributed by atoms with E-state index in [1.807, 2.05) is 30.3 Å². The predicted octanol–water partition coefficient (Wildman–Crippen LogP) is 5.39. The van der Waals surface area contributed by atoms with Gasteiger partial charge in [-0.05, 0) is 35.6 Å². The summed E-state index contributed by atoms with van der Waals surface area (Å²) in [5.41, 5.74) is 3.30. The lowest BCUT2D eigenvalue weighted by Crippen LogP contribution is -2.13. The van der Waals surface area contributed by atoms with Gasteiger partial charge in [-0.2, -0.15) is 0 Å². The molecular weight excluding hydrogens is 388 g/mol. The van der Waals surface area contributed by atoms with Crippen LogP contribution in [0.3, 0.4) is 0 Å². The lowest BCUT2D eigenvalue weighted by Gasteiger charge is -2.10. The Morgan fingerprint density at radius 2 is 1.86 bits per heavy atom. The standard InChI is InChI=1S/C21H24N4OS2/c1-3-15(2)17-9-11-18(12-10-17)23-19(26)14-27-21-25-24-20(28-21)22-13-16-7-5-4-6-8-16/h4-12,15H,3,13-14H2,1-2H3,(H,22,24)(H,23,26)/t15-/m1/s1. The molecule has 0 unspecified atom stereocenters. The summed E-state index contributed by atoms with van der Waals surface area (Å²) in [5.74, 6) is 0.790. The van der Waals surface area contributed by atoms with Crippen LogP contribution in [0.25, 0.3) is 0 Å². The molecule has 0 saturated carbocycles. The van der Waals surface area contributed by atoms with E-state index in [4.69, 9.17) is 0 Å². The van der Waals surface area contributed by atoms with E-state index < -0.39 is 0 Å². The Labute approximate surface area is 174 Å². The maximum Gasteiger partial charge on any atom is 0.234 e. The van der Waals surface area contributed by atoms with Crippen LogP contribution < -0.4 is 10.6 Å². The zero-order valence-corrected chi connectivity index (χ0v) is 17.6. The van der Waals surface area contributed by atoms with E-state index in [-0.39, 0.29) is 5.91 Å². The number of nitrogens with one attached hydrogen (secondary N) is 2. The Morgan fingerprint density at radius 1 is 1.11 bits per heavy atom. The molecule has 1 amide bonds. The highest BCUT2D eigenvalue weighted by Crippen LogP contribution is 2.26. The summed E-state index contributed by atoms with van der Waals surface area (Å²) < 4.78 is 0.776. The van der Waals surface area contributed by atoms with Crippen molar-refractivity contribution >= 4 is 39.8 Å². The van der Waals surface area contributed by atoms with Gasteiger partial charge in [-0.1, -0.05) is 79.4 Å². The van der Waals surface area contributed by atoms with Gasteiger partial charge in [0.15, 0.2) is 4.34 Å². The minimum Gasteiger partial charge on any atom is -0.356 e. The zero-order valence-electron chi connectivity index (χ0n) is 16.0. The fraction of sp³-hybridized carbons (Fsp3) is 0.286. The van der Waals surface area contributed by atoms with Gasteiger partial charge in [0, 0.05) is 12.2 Å². The van der Waals surface area contributed by atoms with Crippen LogP contribution in [0.2, 0.25) is 0 Å². The number of anilines is 2. The first-order valence-electron chi connectivity index (χ1n) is 9.28. The van der Waals surface area contributed by atoms with Crippen molar-refractivity contribution in [3.8, 4) is 0 Å². The lowest BCUT2D eigenvalue weighted by atomic mass is 9.99. The first-order valence-corrected chi connectivity index (χ1v) is 11.1. The van der Waals surface area contributed by atoms with Crippen molar-refractivity contribution in [2.24, 2.45) is 0 Å². The molecule has 0 aliphatic carbocycles. The summed E-state index contributed by atoms with van der Waals surface area (Å²) in [5, 5.41) is 15.2. The van der Waals surface area contributed by atoms with Gasteiger partial charge in [-0.3, -0.25) is 4.79 Å². The first kappa shape index (κ1) is 20.4. The number of amides is 1. The molecular formula is C21H24N4OS2. The smallest absolute Gasteiger partial charge is 0.234 e. The molecule has 0 spiro atoms. The minimum absolute atomic E-state index is 0.0460. The molecule has 1 heterocycles. The number of rotatable bonds is 9. The summed E-state index contributed by atoms with van der Waals surface area (Å²) in [6, 6.07) is 18.2. The summed E-state index contributed by atoms with van der Waals surface area (Å²) in [6.07, 6.45) is 1.10. The van der Waals surface area contributed by atoms with Gasteiger partial charge < -0.3 is 10.6 Å². The highest BCUT2D eigenvalue weighted by molar-refractivity contribution is 8.01. The predicted molar refractivity (Wildman–Crippen MR) is 118 cm³/mol. The number of hydrogen-bond donors (Lipinski definition) is 2. The number of aromatic nitrogens is 2. The van der Waals surface area contributed by atoms with Crippen molar-refractivity contribution < 1.29 is 4.79 Å². The third-order valence-corrected chi connectivity index (χ3v) is 6.41. The minimum atomic E-state index is -0.0460. The quantitative estimate of drug-likeness (QED) is 0.461. The van der Waals surface area contributed by atoms with Gasteiger partial charge in [0.05, 0.1) is 5.75 Å². The third-order valence-electron chi connectivity index (χ3n) is 4.40. The number of carbonyl (C=O) groups is 1. The number of hydrogen-bond acceptors (Lipinski definition) is 6. The van der Waals surface area contributed by atoms with Crippen LogP contribution in [0.4, 0.5) is 10.8 Å². The molecule has 146 valence electrons. The molecule has 7 heteroatoms. The number of nitrogens with zero attached hydrogens (tertiary/aromatic N) is 2. The molecule has 0 saturated heterocycles. The summed E-state index contributed by atoms with van der Waals surface area (Å²) in [4.78, 5) is 12.2. The second-order valence-electron chi connectivity index (χ2n) is 6.48. The normalized spacial score (nSPS) is 11.8. The van der Waals surface area contributed by atoms with Gasteiger partial charge >= 0.3 is 0 Å². The molecule has 1 aromatic heterocycles. The molecule has 2 N–H and O–H groups in total. The van der Waals surface area contributed by atoms with Crippen molar-refractivity contribution in [1.29, 1.82) is 0 Å². The largest absolute Gasteiger partial charge is 0.356 e. The van der Waals surface area contributed by atoms with Crippen molar-refractivity contribution in [2.45, 2.75) is 37.1 Å². The molecule has 0 fully saturated rings. The summed E-state index contributed by atoms with van der Waals surface area (Å²) >= 11 is 2.85. The van der Waals surface area contributed by atoms with Crippen molar-refractivity contribution in [2.75, 3.05) is 16.4 Å². The highest BCUT2D eigenvalue weighted by atomic mass is 32.2. The molecule has 1 atom stereocenters. The number of carbonyl (C=O) groups excluding carboxylic acids is 1. The Morgan fingerprint density at radius 3 is 2.57 bits per heavy atom. The van der Waals surface area contributed by atoms with E-state index in [9.17, 15) is 4.79 Å². The van der Waals surface area contributed by atoms with Crippen molar-refractivity contribution in [3.05, 3.63) is 65.7 Å². The Bertz CT molecular complexity index is 881. The molecule has 3 rings (SSSR count). The average Bonchev–Trinajstić information content (AvgIpc) is 3.19. The van der Waals surface area contributed by atoms with Gasteiger partial charge in [-0.25, -0.2) is 0 Å². The number of benzene rings is 2. The van der Waals surface area contributed by atoms with Crippen molar-refractivity contribution in [3.63, 3.8) is 0 Å². The summed E-state index contributed by atoms with van der Waals surface area (Å²) in [6.45, 7) is 5.08. The monoisotopic (exact) mass is 412 g/mol. The summed E-state index contributed by atoms with van der Waals surface area (Å²) in [7, 11) is 0. The average molecular weight is 413 g/mol. The Hall–Kier alpha value is -2.38. The lowest BCUT2D eigenvalue weighted by molar-refractivity contribution is -0.113. The Balaban J connectivity index is 1.44. The van der Waals surface area contributed by atoms with E-state index in [0.29, 0.717) is 18.2 Å². The number of thioether (sulfide) groups is 1. The molecule has 0 radical (unpaired) electrons. The van der Waals surface area contributed by atoms with Crippen LogP contribution in [0, 0.1) is 0 Å². The SMILES string of the molecule is CC[C@@H](C)c1ccc(NC(=O)CSc2nnc(NCc3ccccc3)s2)cc1. The van der Waals surface area contributed by atoms with Gasteiger partial charge in [0.1, 0.15) is 0 Å². The van der Waals surface area contributed by atoms with Crippen LogP contribution in [0.1, 0.15) is 37.3 Å². The first-order chi connectivity index (χ1) is 13.6. The molecule has 5 nitrogen and oxygen atoms in total. The second kappa shape index (κ2) is 10.2. The maximum absolute atomic E-state index is 12.2. The fourth-order valence-electron chi connectivity index (χ4n) is 2.57. The molecule has 0 aliphatic heterocycles. The third kappa shape index (κ3) is 6.07.